The first-order valence-corrected chi connectivity index (χ1v) is 20.5. The molecule has 1 saturated carbocycles. The third-order valence-corrected chi connectivity index (χ3v) is 12.2. The molecule has 310 valence electrons. The first-order valence-electron chi connectivity index (χ1n) is 20.5. The van der Waals surface area contributed by atoms with E-state index in [2.05, 4.69) is 22.6 Å². The van der Waals surface area contributed by atoms with Gasteiger partial charge in [0.25, 0.3) is 0 Å². The van der Waals surface area contributed by atoms with Gasteiger partial charge in [-0.2, -0.15) is 5.26 Å². The van der Waals surface area contributed by atoms with Crippen LogP contribution in [0.4, 0.5) is 9.18 Å². The summed E-state index contributed by atoms with van der Waals surface area (Å²) in [6.45, 7) is 7.36. The van der Waals surface area contributed by atoms with Crippen molar-refractivity contribution in [2.24, 2.45) is 5.92 Å². The summed E-state index contributed by atoms with van der Waals surface area (Å²) in [7, 11) is 4.98. The number of nitrogens with zero attached hydrogens (tertiary/aromatic N) is 5. The molecule has 9 rings (SSSR count). The van der Waals surface area contributed by atoms with Gasteiger partial charge in [-0.1, -0.05) is 24.3 Å². The van der Waals surface area contributed by atoms with E-state index in [4.69, 9.17) is 28.7 Å². The highest BCUT2D eigenvalue weighted by Gasteiger charge is 2.61. The Morgan fingerprint density at radius 1 is 1.03 bits per heavy atom. The normalized spacial score (nSPS) is 20.3. The number of carbonyl (C=O) groups excluding carboxylic acids is 2. The number of likely N-dealkylation sites (tertiary alicyclic amines) is 1. The Kier molecular flexibility index (Phi) is 10.9. The van der Waals surface area contributed by atoms with Crippen LogP contribution < -0.4 is 9.47 Å². The summed E-state index contributed by atoms with van der Waals surface area (Å²) < 4.78 is 49.2. The van der Waals surface area contributed by atoms with Crippen LogP contribution in [0.25, 0.3) is 43.7 Å². The Labute approximate surface area is 343 Å². The highest BCUT2D eigenvalue weighted by atomic mass is 19.1. The molecule has 0 radical (unpaired) electrons. The second-order valence-electron chi connectivity index (χ2n) is 17.2. The fourth-order valence-electron chi connectivity index (χ4n) is 9.49. The van der Waals surface area contributed by atoms with Crippen molar-refractivity contribution in [3.8, 4) is 28.8 Å². The number of aryl methyl sites for hydroxylation is 2. The molecule has 12 nitrogen and oxygen atoms in total. The van der Waals surface area contributed by atoms with Gasteiger partial charge in [0.15, 0.2) is 12.6 Å². The minimum absolute atomic E-state index is 0.00785. The number of nitriles is 1. The van der Waals surface area contributed by atoms with Gasteiger partial charge in [0, 0.05) is 42.8 Å². The van der Waals surface area contributed by atoms with Gasteiger partial charge in [-0.25, -0.2) is 14.2 Å². The van der Waals surface area contributed by atoms with E-state index in [1.54, 1.807) is 7.11 Å². The first kappa shape index (κ1) is 40.3. The predicted octanol–water partition coefficient (Wildman–Crippen LogP) is 8.48. The number of pyridine rings is 1. The Morgan fingerprint density at radius 2 is 1.83 bits per heavy atom. The molecule has 4 fully saturated rings. The van der Waals surface area contributed by atoms with E-state index in [0.29, 0.717) is 71.1 Å². The van der Waals surface area contributed by atoms with Gasteiger partial charge >= 0.3 is 12.1 Å². The van der Waals surface area contributed by atoms with Crippen molar-refractivity contribution in [3.05, 3.63) is 65.6 Å². The molecular weight excluding hydrogens is 754 g/mol. The summed E-state index contributed by atoms with van der Waals surface area (Å²) in [5.41, 5.74) is 1.50. The number of fused-ring (bicyclic) bond motifs is 5. The summed E-state index contributed by atoms with van der Waals surface area (Å²) >= 11 is 0. The molecule has 1 aliphatic carbocycles. The number of amides is 1. The number of rotatable bonds is 13. The van der Waals surface area contributed by atoms with Crippen LogP contribution in [-0.4, -0.2) is 90.8 Å². The van der Waals surface area contributed by atoms with E-state index in [0.717, 1.165) is 35.9 Å². The molecule has 5 heterocycles. The molecule has 59 heavy (non-hydrogen) atoms. The molecule has 2 aromatic heterocycles. The van der Waals surface area contributed by atoms with Crippen molar-refractivity contribution in [1.29, 1.82) is 5.26 Å². The molecule has 0 spiro atoms. The highest BCUT2D eigenvalue weighted by Crippen LogP contribution is 2.57. The molecule has 3 aromatic carbocycles. The lowest BCUT2D eigenvalue weighted by atomic mass is 9.79. The minimum atomic E-state index is -0.845. The zero-order valence-corrected chi connectivity index (χ0v) is 34.7. The maximum Gasteiger partial charge on any atom is 0.412 e. The summed E-state index contributed by atoms with van der Waals surface area (Å²) in [5, 5.41) is 12.7. The van der Waals surface area contributed by atoms with Gasteiger partial charge in [0.2, 0.25) is 5.88 Å². The highest BCUT2D eigenvalue weighted by molar-refractivity contribution is 6.10. The largest absolute Gasteiger partial charge is 0.476 e. The number of aromatic nitrogens is 2. The number of benzene rings is 3. The maximum atomic E-state index is 18.1. The van der Waals surface area contributed by atoms with Gasteiger partial charge in [-0.15, -0.1) is 0 Å². The van der Waals surface area contributed by atoms with Crippen LogP contribution in [-0.2, 0) is 37.5 Å². The number of likely N-dealkylation sites (N-methyl/N-ethyl adjacent to an activating group) is 1. The second-order valence-corrected chi connectivity index (χ2v) is 17.2. The number of ether oxygens (including phenoxy) is 5. The van der Waals surface area contributed by atoms with Crippen LogP contribution in [0.5, 0.6) is 11.6 Å². The first-order chi connectivity index (χ1) is 28.3. The van der Waals surface area contributed by atoms with E-state index in [1.165, 1.54) is 7.11 Å². The molecule has 0 unspecified atom stereocenters. The van der Waals surface area contributed by atoms with Crippen molar-refractivity contribution >= 4 is 44.6 Å². The minimum Gasteiger partial charge on any atom is -0.476 e. The molecule has 1 amide bonds. The molecule has 0 N–H and O–H groups in total. The van der Waals surface area contributed by atoms with Crippen molar-refractivity contribution in [1.82, 2.24) is 19.4 Å². The molecule has 13 heteroatoms. The Morgan fingerprint density at radius 3 is 2.54 bits per heavy atom. The third-order valence-electron chi connectivity index (χ3n) is 12.2. The van der Waals surface area contributed by atoms with Crippen LogP contribution in [0.2, 0.25) is 0 Å². The zero-order chi connectivity index (χ0) is 41.6. The van der Waals surface area contributed by atoms with Gasteiger partial charge in [-0.05, 0) is 125 Å². The van der Waals surface area contributed by atoms with Crippen LogP contribution in [0.15, 0.2) is 48.5 Å². The Bertz CT molecular complexity index is 2480. The van der Waals surface area contributed by atoms with Crippen LogP contribution in [0.1, 0.15) is 70.6 Å². The number of carbonyl (C=O) groups is 2. The molecule has 4 aliphatic rings. The zero-order valence-electron chi connectivity index (χ0n) is 34.7. The molecule has 5 aromatic rings. The molecule has 3 saturated heterocycles. The molecule has 1 atom stereocenters. The van der Waals surface area contributed by atoms with Crippen LogP contribution in [0.3, 0.4) is 0 Å². The number of hydrogen-bond acceptors (Lipinski definition) is 10. The topological polar surface area (TPSA) is 128 Å². The maximum absolute atomic E-state index is 18.1. The van der Waals surface area contributed by atoms with Gasteiger partial charge < -0.3 is 33.2 Å². The summed E-state index contributed by atoms with van der Waals surface area (Å²) in [5.74, 6) is 0.0913. The van der Waals surface area contributed by atoms with Crippen molar-refractivity contribution in [2.75, 3.05) is 47.8 Å². The summed E-state index contributed by atoms with van der Waals surface area (Å²) in [6, 6.07) is 17.8. The Balaban J connectivity index is 1.43. The summed E-state index contributed by atoms with van der Waals surface area (Å²) in [4.78, 5) is 35.9. The quantitative estimate of drug-likeness (QED) is 0.0845. The van der Waals surface area contributed by atoms with E-state index < -0.39 is 23.2 Å². The average Bonchev–Trinajstić information content (AvgIpc) is 3.98. The average molecular weight is 806 g/mol. The van der Waals surface area contributed by atoms with Crippen molar-refractivity contribution < 1.29 is 37.7 Å². The SMILES string of the molecule is COCOc1cc(-c2c(CCC#N)cc3c(nc(OC[C@@H]4CCCN4C)c4cc(CCC(=O)OC)n(C56CC(CN5C(=O)OC(C)(C)C)C6)c43)c2F)c2ccccc2c1. The second kappa shape index (κ2) is 16.0. The fourth-order valence-corrected chi connectivity index (χ4v) is 9.49. The summed E-state index contributed by atoms with van der Waals surface area (Å²) in [6.07, 6.45) is 3.70. The fraction of sp³-hybridized carbons (Fsp3) is 0.478. The lowest BCUT2D eigenvalue weighted by molar-refractivity contribution is -0.140. The van der Waals surface area contributed by atoms with E-state index >= 15 is 4.39 Å². The van der Waals surface area contributed by atoms with Crippen molar-refractivity contribution in [2.45, 2.75) is 89.4 Å². The standard InChI is InChI=1S/C46H52FN5O7/c1-45(2,3)59-44(54)51-25-28-23-46(51,24-28)52-31(15-16-38(53)56-6)21-37-42(52)36-20-30(12-9-17-48)39(35-22-33(58-27-55-5)19-29-11-7-8-14-34(29)35)40(47)41(36)49-43(37)57-26-32-13-10-18-50(32)4/h7-8,11,14,19-22,28,32H,9-10,12-13,15-16,18,23-27H2,1-6H3/t28?,32-,46?/m0/s1. The Hall–Kier alpha value is -5.45. The number of halogens is 1. The lowest BCUT2D eigenvalue weighted by Gasteiger charge is -2.45. The lowest BCUT2D eigenvalue weighted by Crippen LogP contribution is -2.52. The number of hydrogen-bond donors (Lipinski definition) is 0. The van der Waals surface area contributed by atoms with Crippen molar-refractivity contribution in [3.63, 3.8) is 0 Å². The number of esters is 1. The number of methoxy groups -OCH3 is 2. The van der Waals surface area contributed by atoms with E-state index in [1.807, 2.05) is 74.2 Å². The van der Waals surface area contributed by atoms with E-state index in [-0.39, 0.29) is 55.4 Å². The van der Waals surface area contributed by atoms with Gasteiger partial charge in [-0.3, -0.25) is 9.69 Å². The molecular formula is C46H52FN5O7. The smallest absolute Gasteiger partial charge is 0.412 e. The third kappa shape index (κ3) is 7.42. The molecule has 3 aliphatic heterocycles. The molecule has 2 bridgehead atoms. The van der Waals surface area contributed by atoms with Gasteiger partial charge in [0.1, 0.15) is 29.1 Å². The van der Waals surface area contributed by atoms with Crippen LogP contribution >= 0.6 is 0 Å². The predicted molar refractivity (Wildman–Crippen MR) is 222 cm³/mol. The van der Waals surface area contributed by atoms with Gasteiger partial charge in [0.05, 0.1) is 30.5 Å². The monoisotopic (exact) mass is 805 g/mol. The van der Waals surface area contributed by atoms with Crippen LogP contribution in [0, 0.1) is 23.1 Å². The van der Waals surface area contributed by atoms with E-state index in [9.17, 15) is 14.9 Å².